The monoisotopic (exact) mass is 249 g/mol. The number of primary amides is 1. The third-order valence-electron chi connectivity index (χ3n) is 3.47. The van der Waals surface area contributed by atoms with Crippen molar-refractivity contribution in [2.45, 2.75) is 25.9 Å². The number of pyridine rings is 1. The number of aromatic nitrogens is 1. The first-order valence-corrected chi connectivity index (χ1v) is 6.26. The summed E-state index contributed by atoms with van der Waals surface area (Å²) >= 11 is 0. The van der Waals surface area contributed by atoms with Gasteiger partial charge in [-0.25, -0.2) is 4.98 Å². The first kappa shape index (κ1) is 12.8. The number of hydrogen-bond donors (Lipinski definition) is 2. The molecule has 1 atom stereocenters. The smallest absolute Gasteiger partial charge is 0.220 e. The van der Waals surface area contributed by atoms with Crippen molar-refractivity contribution in [2.24, 2.45) is 11.7 Å². The molecule has 1 aromatic rings. The Hall–Kier alpha value is -1.62. The Morgan fingerprint density at radius 3 is 2.61 bits per heavy atom. The topological polar surface area (TPSA) is 79.5 Å². The third kappa shape index (κ3) is 2.79. The summed E-state index contributed by atoms with van der Waals surface area (Å²) in [6.07, 6.45) is 2.77. The molecule has 1 amide bonds. The number of aliphatic hydroxyl groups is 1. The van der Waals surface area contributed by atoms with Gasteiger partial charge in [-0.3, -0.25) is 4.79 Å². The maximum absolute atomic E-state index is 11.1. The van der Waals surface area contributed by atoms with E-state index in [1.54, 1.807) is 13.1 Å². The summed E-state index contributed by atoms with van der Waals surface area (Å²) in [6, 6.07) is 3.79. The summed E-state index contributed by atoms with van der Waals surface area (Å²) in [4.78, 5) is 17.6. The first-order valence-electron chi connectivity index (χ1n) is 6.26. The van der Waals surface area contributed by atoms with Crippen LogP contribution in [0.4, 0.5) is 5.82 Å². The van der Waals surface area contributed by atoms with E-state index >= 15 is 0 Å². The van der Waals surface area contributed by atoms with E-state index in [0.717, 1.165) is 37.3 Å². The second-order valence-corrected chi connectivity index (χ2v) is 4.79. The van der Waals surface area contributed by atoms with Gasteiger partial charge in [-0.15, -0.1) is 0 Å². The summed E-state index contributed by atoms with van der Waals surface area (Å²) in [6.45, 7) is 3.32. The van der Waals surface area contributed by atoms with E-state index in [-0.39, 0.29) is 11.8 Å². The van der Waals surface area contributed by atoms with Gasteiger partial charge in [-0.1, -0.05) is 6.07 Å². The lowest BCUT2D eigenvalue weighted by molar-refractivity contribution is -0.122. The molecule has 5 nitrogen and oxygen atoms in total. The van der Waals surface area contributed by atoms with Gasteiger partial charge in [0.2, 0.25) is 5.91 Å². The van der Waals surface area contributed by atoms with Crippen LogP contribution in [0.2, 0.25) is 0 Å². The lowest BCUT2D eigenvalue weighted by Gasteiger charge is -2.31. The van der Waals surface area contributed by atoms with Crippen molar-refractivity contribution < 1.29 is 9.90 Å². The van der Waals surface area contributed by atoms with Crippen LogP contribution in [0, 0.1) is 5.92 Å². The van der Waals surface area contributed by atoms with Crippen molar-refractivity contribution in [1.82, 2.24) is 4.98 Å². The number of carbonyl (C=O) groups excluding carboxylic acids is 1. The van der Waals surface area contributed by atoms with Crippen molar-refractivity contribution in [3.63, 3.8) is 0 Å². The second kappa shape index (κ2) is 5.35. The van der Waals surface area contributed by atoms with Crippen LogP contribution in [0.25, 0.3) is 0 Å². The predicted molar refractivity (Wildman–Crippen MR) is 69.0 cm³/mol. The molecule has 98 valence electrons. The summed E-state index contributed by atoms with van der Waals surface area (Å²) in [5.74, 6) is 0.687. The molecule has 2 heterocycles. The minimum atomic E-state index is -0.493. The van der Waals surface area contributed by atoms with Crippen molar-refractivity contribution in [3.8, 4) is 0 Å². The number of aliphatic hydroxyl groups excluding tert-OH is 1. The highest BCUT2D eigenvalue weighted by Gasteiger charge is 2.23. The van der Waals surface area contributed by atoms with Crippen LogP contribution in [0.3, 0.4) is 0 Å². The molecular weight excluding hydrogens is 230 g/mol. The SMILES string of the molecule is CC(O)c1ccc(N2CCC(C(N)=O)CC2)nc1. The summed E-state index contributed by atoms with van der Waals surface area (Å²) in [7, 11) is 0. The number of anilines is 1. The molecule has 1 aliphatic rings. The number of rotatable bonds is 3. The molecule has 1 aromatic heterocycles. The summed E-state index contributed by atoms with van der Waals surface area (Å²) < 4.78 is 0. The second-order valence-electron chi connectivity index (χ2n) is 4.79. The predicted octanol–water partition coefficient (Wildman–Crippen LogP) is 0.837. The van der Waals surface area contributed by atoms with E-state index in [9.17, 15) is 9.90 Å². The molecular formula is C13H19N3O2. The molecule has 0 saturated carbocycles. The number of carbonyl (C=O) groups is 1. The number of piperidine rings is 1. The standard InChI is InChI=1S/C13H19N3O2/c1-9(17)11-2-3-12(15-8-11)16-6-4-10(5-7-16)13(14)18/h2-3,8-10,17H,4-7H2,1H3,(H2,14,18). The highest BCUT2D eigenvalue weighted by Crippen LogP contribution is 2.22. The molecule has 18 heavy (non-hydrogen) atoms. The molecule has 0 aliphatic carbocycles. The zero-order valence-corrected chi connectivity index (χ0v) is 10.5. The first-order chi connectivity index (χ1) is 8.58. The fourth-order valence-electron chi connectivity index (χ4n) is 2.22. The Morgan fingerprint density at radius 1 is 1.50 bits per heavy atom. The molecule has 0 bridgehead atoms. The van der Waals surface area contributed by atoms with Crippen molar-refractivity contribution in [1.29, 1.82) is 0 Å². The van der Waals surface area contributed by atoms with Crippen LogP contribution in [0.15, 0.2) is 18.3 Å². The third-order valence-corrected chi connectivity index (χ3v) is 3.47. The Morgan fingerprint density at radius 2 is 2.17 bits per heavy atom. The van der Waals surface area contributed by atoms with Crippen LogP contribution >= 0.6 is 0 Å². The zero-order chi connectivity index (χ0) is 13.1. The number of amides is 1. The van der Waals surface area contributed by atoms with Gasteiger partial charge in [0.15, 0.2) is 0 Å². The van der Waals surface area contributed by atoms with Gasteiger partial charge >= 0.3 is 0 Å². The maximum atomic E-state index is 11.1. The van der Waals surface area contributed by atoms with E-state index in [4.69, 9.17) is 5.73 Å². The normalized spacial score (nSPS) is 18.7. The Balaban J connectivity index is 1.99. The molecule has 1 unspecified atom stereocenters. The van der Waals surface area contributed by atoms with Gasteiger partial charge in [-0.2, -0.15) is 0 Å². The van der Waals surface area contributed by atoms with Gasteiger partial charge in [0.1, 0.15) is 5.82 Å². The van der Waals surface area contributed by atoms with Crippen molar-refractivity contribution in [3.05, 3.63) is 23.9 Å². The molecule has 1 fully saturated rings. The molecule has 5 heteroatoms. The van der Waals surface area contributed by atoms with E-state index in [2.05, 4.69) is 9.88 Å². The Bertz CT molecular complexity index is 409. The summed E-state index contributed by atoms with van der Waals surface area (Å²) in [5, 5.41) is 9.42. The van der Waals surface area contributed by atoms with E-state index in [1.165, 1.54) is 0 Å². The summed E-state index contributed by atoms with van der Waals surface area (Å²) in [5.41, 5.74) is 6.11. The van der Waals surface area contributed by atoms with Gasteiger partial charge in [0, 0.05) is 25.2 Å². The van der Waals surface area contributed by atoms with Gasteiger partial charge in [0.25, 0.3) is 0 Å². The Labute approximate surface area is 107 Å². The molecule has 1 aliphatic heterocycles. The maximum Gasteiger partial charge on any atom is 0.220 e. The Kier molecular flexibility index (Phi) is 3.81. The van der Waals surface area contributed by atoms with Crippen LogP contribution in [0.5, 0.6) is 0 Å². The largest absolute Gasteiger partial charge is 0.389 e. The van der Waals surface area contributed by atoms with E-state index in [1.807, 2.05) is 12.1 Å². The average Bonchev–Trinajstić information content (AvgIpc) is 2.39. The fourth-order valence-corrected chi connectivity index (χ4v) is 2.22. The highest BCUT2D eigenvalue weighted by molar-refractivity contribution is 5.76. The highest BCUT2D eigenvalue weighted by atomic mass is 16.3. The lowest BCUT2D eigenvalue weighted by atomic mass is 9.96. The minimum Gasteiger partial charge on any atom is -0.389 e. The molecule has 1 saturated heterocycles. The van der Waals surface area contributed by atoms with Crippen LogP contribution in [-0.2, 0) is 4.79 Å². The molecule has 0 spiro atoms. The number of nitrogens with two attached hydrogens (primary N) is 1. The molecule has 0 radical (unpaired) electrons. The molecule has 3 N–H and O–H groups in total. The number of nitrogens with zero attached hydrogens (tertiary/aromatic N) is 2. The van der Waals surface area contributed by atoms with Crippen molar-refractivity contribution >= 4 is 11.7 Å². The zero-order valence-electron chi connectivity index (χ0n) is 10.5. The number of hydrogen-bond acceptors (Lipinski definition) is 4. The van der Waals surface area contributed by atoms with E-state index < -0.39 is 6.10 Å². The average molecular weight is 249 g/mol. The van der Waals surface area contributed by atoms with Crippen LogP contribution < -0.4 is 10.6 Å². The minimum absolute atomic E-state index is 0.00186. The quantitative estimate of drug-likeness (QED) is 0.831. The van der Waals surface area contributed by atoms with Crippen molar-refractivity contribution in [2.75, 3.05) is 18.0 Å². The lowest BCUT2D eigenvalue weighted by Crippen LogP contribution is -2.38. The van der Waals surface area contributed by atoms with Crippen LogP contribution in [0.1, 0.15) is 31.4 Å². The fraction of sp³-hybridized carbons (Fsp3) is 0.538. The van der Waals surface area contributed by atoms with Gasteiger partial charge in [0.05, 0.1) is 6.10 Å². The van der Waals surface area contributed by atoms with Crippen LogP contribution in [-0.4, -0.2) is 29.1 Å². The van der Waals surface area contributed by atoms with Gasteiger partial charge < -0.3 is 15.7 Å². The molecule has 0 aromatic carbocycles. The van der Waals surface area contributed by atoms with E-state index in [0.29, 0.717) is 0 Å². The van der Waals surface area contributed by atoms with Gasteiger partial charge in [-0.05, 0) is 31.4 Å². The molecule has 2 rings (SSSR count).